The van der Waals surface area contributed by atoms with Gasteiger partial charge >= 0.3 is 0 Å². The van der Waals surface area contributed by atoms with Crippen LogP contribution < -0.4 is 0 Å². The Bertz CT molecular complexity index is 228. The molecule has 0 saturated heterocycles. The Morgan fingerprint density at radius 1 is 1.73 bits per heavy atom. The highest BCUT2D eigenvalue weighted by atomic mass is 32.1. The molecule has 1 aromatic heterocycles. The average Bonchev–Trinajstić information content (AvgIpc) is 2.35. The summed E-state index contributed by atoms with van der Waals surface area (Å²) < 4.78 is 0. The van der Waals surface area contributed by atoms with Crippen molar-refractivity contribution >= 4 is 17.1 Å². The van der Waals surface area contributed by atoms with E-state index in [2.05, 4.69) is 4.98 Å². The summed E-state index contributed by atoms with van der Waals surface area (Å²) >= 11 is 1.46. The molecule has 1 aromatic rings. The molecule has 11 heavy (non-hydrogen) atoms. The zero-order valence-electron chi connectivity index (χ0n) is 6.70. The molecule has 0 unspecified atom stereocenters. The van der Waals surface area contributed by atoms with Gasteiger partial charge in [-0.3, -0.25) is 4.79 Å². The molecule has 0 atom stereocenters. The van der Waals surface area contributed by atoms with Gasteiger partial charge in [-0.15, -0.1) is 11.3 Å². The first-order valence-electron chi connectivity index (χ1n) is 3.61. The van der Waals surface area contributed by atoms with Gasteiger partial charge in [0, 0.05) is 11.8 Å². The molecule has 0 aliphatic heterocycles. The number of carbonyl (C=O) groups excluding carboxylic acids is 1. The maximum Gasteiger partial charge on any atom is 0.182 e. The maximum absolute atomic E-state index is 11.3. The summed E-state index contributed by atoms with van der Waals surface area (Å²) in [6.07, 6.45) is 0.601. The zero-order chi connectivity index (χ0) is 8.27. The van der Waals surface area contributed by atoms with E-state index in [1.807, 2.05) is 13.8 Å². The summed E-state index contributed by atoms with van der Waals surface area (Å²) in [6, 6.07) is 0. The minimum Gasteiger partial charge on any atom is -0.292 e. The number of thiazole rings is 1. The Hall–Kier alpha value is -0.700. The Labute approximate surface area is 70.3 Å². The lowest BCUT2D eigenvalue weighted by molar-refractivity contribution is 0.0963. The molecule has 0 fully saturated rings. The maximum atomic E-state index is 11.3. The van der Waals surface area contributed by atoms with Crippen LogP contribution >= 0.6 is 11.3 Å². The molecule has 3 heteroatoms. The fourth-order valence-electron chi connectivity index (χ4n) is 0.826. The number of Topliss-reactive ketones (excluding diaryl/α,β-unsaturated/α-hetero) is 1. The number of hydrogen-bond donors (Lipinski definition) is 0. The highest BCUT2D eigenvalue weighted by Gasteiger charge is 2.08. The Morgan fingerprint density at radius 3 is 2.91 bits per heavy atom. The van der Waals surface area contributed by atoms with Gasteiger partial charge in [0.15, 0.2) is 5.78 Å². The summed E-state index contributed by atoms with van der Waals surface area (Å²) in [5, 5.41) is 1.80. The second-order valence-corrected chi connectivity index (χ2v) is 3.61. The molecule has 1 rings (SSSR count). The third-order valence-corrected chi connectivity index (χ3v) is 1.90. The highest BCUT2D eigenvalue weighted by Crippen LogP contribution is 2.08. The van der Waals surface area contributed by atoms with E-state index >= 15 is 0 Å². The van der Waals surface area contributed by atoms with E-state index in [0.29, 0.717) is 18.0 Å². The lowest BCUT2D eigenvalue weighted by Gasteiger charge is -1.99. The predicted octanol–water partition coefficient (Wildman–Crippen LogP) is 2.37. The topological polar surface area (TPSA) is 30.0 Å². The van der Waals surface area contributed by atoms with Crippen LogP contribution in [0.3, 0.4) is 0 Å². The number of ketones is 1. The van der Waals surface area contributed by atoms with Crippen molar-refractivity contribution in [1.29, 1.82) is 0 Å². The third-order valence-electron chi connectivity index (χ3n) is 1.31. The Balaban J connectivity index is 2.57. The van der Waals surface area contributed by atoms with E-state index in [9.17, 15) is 4.79 Å². The number of carbonyl (C=O) groups is 1. The molecule has 0 radical (unpaired) electrons. The van der Waals surface area contributed by atoms with E-state index in [1.54, 1.807) is 10.9 Å². The zero-order valence-corrected chi connectivity index (χ0v) is 7.52. The number of aromatic nitrogens is 1. The van der Waals surface area contributed by atoms with E-state index in [1.165, 1.54) is 11.3 Å². The molecular weight excluding hydrogens is 158 g/mol. The second-order valence-electron chi connectivity index (χ2n) is 2.89. The lowest BCUT2D eigenvalue weighted by Crippen LogP contribution is -2.03. The fourth-order valence-corrected chi connectivity index (χ4v) is 1.38. The molecule has 0 aliphatic carbocycles. The molecule has 2 nitrogen and oxygen atoms in total. The van der Waals surface area contributed by atoms with Crippen molar-refractivity contribution in [1.82, 2.24) is 4.98 Å². The summed E-state index contributed by atoms with van der Waals surface area (Å²) in [6.45, 7) is 4.06. The Morgan fingerprint density at radius 2 is 2.45 bits per heavy atom. The Kier molecular flexibility index (Phi) is 2.76. The third kappa shape index (κ3) is 2.42. The van der Waals surface area contributed by atoms with Crippen molar-refractivity contribution in [3.63, 3.8) is 0 Å². The van der Waals surface area contributed by atoms with Crippen LogP contribution in [0.2, 0.25) is 0 Å². The smallest absolute Gasteiger partial charge is 0.182 e. The van der Waals surface area contributed by atoms with Gasteiger partial charge in [0.25, 0.3) is 0 Å². The van der Waals surface area contributed by atoms with E-state index in [4.69, 9.17) is 0 Å². The van der Waals surface area contributed by atoms with Crippen molar-refractivity contribution in [2.24, 2.45) is 5.92 Å². The molecule has 0 aliphatic rings. The first-order valence-corrected chi connectivity index (χ1v) is 4.56. The van der Waals surface area contributed by atoms with Crippen LogP contribution in [-0.2, 0) is 0 Å². The van der Waals surface area contributed by atoms with E-state index in [0.717, 1.165) is 0 Å². The number of nitrogens with zero attached hydrogens (tertiary/aromatic N) is 1. The fraction of sp³-hybridized carbons (Fsp3) is 0.500. The number of rotatable bonds is 3. The minimum atomic E-state index is 0.154. The van der Waals surface area contributed by atoms with Crippen LogP contribution in [0.4, 0.5) is 0 Å². The van der Waals surface area contributed by atoms with Crippen LogP contribution in [0.5, 0.6) is 0 Å². The van der Waals surface area contributed by atoms with Crippen molar-refractivity contribution < 1.29 is 4.79 Å². The van der Waals surface area contributed by atoms with Crippen LogP contribution in [0.15, 0.2) is 10.9 Å². The SMILES string of the molecule is CC(C)CC(=O)c1cscn1. The lowest BCUT2D eigenvalue weighted by atomic mass is 10.1. The molecular formula is C8H11NOS. The quantitative estimate of drug-likeness (QED) is 0.650. The molecule has 0 amide bonds. The molecule has 60 valence electrons. The normalized spacial score (nSPS) is 10.5. The monoisotopic (exact) mass is 169 g/mol. The van der Waals surface area contributed by atoms with Gasteiger partial charge in [0.05, 0.1) is 5.51 Å². The van der Waals surface area contributed by atoms with Gasteiger partial charge in [-0.25, -0.2) is 4.98 Å². The van der Waals surface area contributed by atoms with Crippen LogP contribution in [-0.4, -0.2) is 10.8 Å². The summed E-state index contributed by atoms with van der Waals surface area (Å²) in [4.78, 5) is 15.2. The van der Waals surface area contributed by atoms with Crippen molar-refractivity contribution in [3.05, 3.63) is 16.6 Å². The molecule has 1 heterocycles. The standard InChI is InChI=1S/C8H11NOS/c1-6(2)3-8(10)7-4-11-5-9-7/h4-6H,3H2,1-2H3. The molecule has 0 N–H and O–H groups in total. The van der Waals surface area contributed by atoms with Gasteiger partial charge in [0.2, 0.25) is 0 Å². The van der Waals surface area contributed by atoms with Crippen molar-refractivity contribution in [2.45, 2.75) is 20.3 Å². The molecule has 0 spiro atoms. The van der Waals surface area contributed by atoms with Crippen molar-refractivity contribution in [3.8, 4) is 0 Å². The van der Waals surface area contributed by atoms with E-state index < -0.39 is 0 Å². The average molecular weight is 169 g/mol. The summed E-state index contributed by atoms with van der Waals surface area (Å²) in [7, 11) is 0. The van der Waals surface area contributed by atoms with Gasteiger partial charge < -0.3 is 0 Å². The van der Waals surface area contributed by atoms with E-state index in [-0.39, 0.29) is 5.78 Å². The van der Waals surface area contributed by atoms with Crippen LogP contribution in [0.1, 0.15) is 30.8 Å². The second kappa shape index (κ2) is 3.62. The van der Waals surface area contributed by atoms with Crippen molar-refractivity contribution in [2.75, 3.05) is 0 Å². The summed E-state index contributed by atoms with van der Waals surface area (Å²) in [5.74, 6) is 0.574. The predicted molar refractivity (Wildman–Crippen MR) is 45.9 cm³/mol. The largest absolute Gasteiger partial charge is 0.292 e. The minimum absolute atomic E-state index is 0.154. The molecule has 0 aromatic carbocycles. The highest BCUT2D eigenvalue weighted by molar-refractivity contribution is 7.07. The van der Waals surface area contributed by atoms with Gasteiger partial charge in [-0.05, 0) is 5.92 Å². The van der Waals surface area contributed by atoms with Crippen LogP contribution in [0.25, 0.3) is 0 Å². The number of hydrogen-bond acceptors (Lipinski definition) is 3. The van der Waals surface area contributed by atoms with Gasteiger partial charge in [-0.2, -0.15) is 0 Å². The van der Waals surface area contributed by atoms with Gasteiger partial charge in [-0.1, -0.05) is 13.8 Å². The first kappa shape index (κ1) is 8.40. The molecule has 0 saturated carbocycles. The summed E-state index contributed by atoms with van der Waals surface area (Å²) in [5.41, 5.74) is 2.30. The van der Waals surface area contributed by atoms with Gasteiger partial charge in [0.1, 0.15) is 5.69 Å². The first-order chi connectivity index (χ1) is 5.20. The van der Waals surface area contributed by atoms with Crippen LogP contribution in [0, 0.1) is 5.92 Å². The molecule has 0 bridgehead atoms.